The van der Waals surface area contributed by atoms with E-state index in [4.69, 9.17) is 30.5 Å². The van der Waals surface area contributed by atoms with Crippen molar-refractivity contribution in [2.75, 3.05) is 11.9 Å². The highest BCUT2D eigenvalue weighted by atomic mass is 33.2. The van der Waals surface area contributed by atoms with Crippen molar-refractivity contribution in [3.8, 4) is 0 Å². The number of benzene rings is 1. The van der Waals surface area contributed by atoms with Gasteiger partial charge in [-0.2, -0.15) is 0 Å². The highest BCUT2D eigenvalue weighted by molar-refractivity contribution is 9.01. The molecule has 14 heteroatoms. The van der Waals surface area contributed by atoms with E-state index in [1.807, 2.05) is 59.4 Å². The quantitative estimate of drug-likeness (QED) is 0.213. The number of hydrogen-bond acceptors (Lipinski definition) is 11. The van der Waals surface area contributed by atoms with Crippen LogP contribution in [0.5, 0.6) is 0 Å². The van der Waals surface area contributed by atoms with Gasteiger partial charge in [-0.25, -0.2) is 15.0 Å². The predicted molar refractivity (Wildman–Crippen MR) is 177 cm³/mol. The Morgan fingerprint density at radius 2 is 1.98 bits per heavy atom. The largest absolute Gasteiger partial charge is 0.347 e. The number of aromatic nitrogens is 4. The number of fused-ring (bicyclic) bond motifs is 3. The zero-order chi connectivity index (χ0) is 30.9. The minimum atomic E-state index is -2.20. The summed E-state index contributed by atoms with van der Waals surface area (Å²) in [5.74, 6) is -0.211. The van der Waals surface area contributed by atoms with Gasteiger partial charge >= 0.3 is 0 Å². The average molecular weight is 674 g/mol. The van der Waals surface area contributed by atoms with Crippen LogP contribution in [0.2, 0.25) is 0 Å². The Kier molecular flexibility index (Phi) is 8.02. The number of hydrogen-bond donors (Lipinski definition) is 1. The van der Waals surface area contributed by atoms with Gasteiger partial charge in [0.05, 0.1) is 12.9 Å². The molecule has 5 heterocycles. The first-order chi connectivity index (χ1) is 20.9. The number of nitrogens with one attached hydrogen (secondary N) is 1. The number of ether oxygens (including phenoxy) is 3. The van der Waals surface area contributed by atoms with E-state index < -0.39 is 28.9 Å². The van der Waals surface area contributed by atoms with Gasteiger partial charge < -0.3 is 24.1 Å². The van der Waals surface area contributed by atoms with Crippen LogP contribution in [0.25, 0.3) is 11.2 Å². The number of carbonyl (C=O) groups is 1. The van der Waals surface area contributed by atoms with E-state index in [1.54, 1.807) is 18.5 Å². The topological polar surface area (TPSA) is 110 Å². The molecule has 3 aromatic rings. The van der Waals surface area contributed by atoms with Crippen LogP contribution in [0, 0.1) is 5.92 Å². The lowest BCUT2D eigenvalue weighted by atomic mass is 9.79. The van der Waals surface area contributed by atoms with Crippen molar-refractivity contribution in [3.63, 3.8) is 0 Å². The standard InChI is InChI=1S/C30H36N5O5PS3/c1-17(2)19-11-12-30(5)21(13-19)43-41(42,44-30)37-14-20-23-24(40-29(3,4)39-23)28(38-20)35-16-33-22-25(31-15-32-26(22)35)34-27(36)18-9-7-6-8-10-18/h6-10,15-16,19-21,23-24,28H,1,11-14H2,2-5H3,(H,31,32,34,36)/t19-,20+,21?,23+,24+,28+,30+,41?/m0/s1. The number of amides is 1. The Morgan fingerprint density at radius 3 is 2.75 bits per heavy atom. The Hall–Kier alpha value is -1.83. The summed E-state index contributed by atoms with van der Waals surface area (Å²) in [7, 11) is 0. The van der Waals surface area contributed by atoms with Crippen LogP contribution < -0.4 is 5.32 Å². The van der Waals surface area contributed by atoms with E-state index in [0.717, 1.165) is 19.3 Å². The molecular formula is C30H36N5O5PS3. The van der Waals surface area contributed by atoms with Gasteiger partial charge in [-0.15, -0.1) is 0 Å². The summed E-state index contributed by atoms with van der Waals surface area (Å²) < 4.78 is 25.7. The zero-order valence-corrected chi connectivity index (χ0v) is 28.4. The molecule has 4 fully saturated rings. The normalized spacial score (nSPS) is 35.8. The van der Waals surface area contributed by atoms with Crippen molar-refractivity contribution in [3.05, 3.63) is 60.7 Å². The molecule has 1 amide bonds. The summed E-state index contributed by atoms with van der Waals surface area (Å²) in [6.07, 6.45) is 4.67. The van der Waals surface area contributed by atoms with Gasteiger partial charge in [0, 0.05) is 15.6 Å². The lowest BCUT2D eigenvalue weighted by Gasteiger charge is -2.38. The maximum Gasteiger partial charge on any atom is 0.256 e. The van der Waals surface area contributed by atoms with E-state index >= 15 is 0 Å². The maximum absolute atomic E-state index is 12.8. The van der Waals surface area contributed by atoms with E-state index in [2.05, 4.69) is 40.7 Å². The molecule has 1 saturated carbocycles. The molecule has 2 unspecified atom stereocenters. The molecule has 3 saturated heterocycles. The van der Waals surface area contributed by atoms with Crippen LogP contribution in [0.3, 0.4) is 0 Å². The molecule has 0 spiro atoms. The summed E-state index contributed by atoms with van der Waals surface area (Å²) >= 11 is 9.94. The fourth-order valence-electron chi connectivity index (χ4n) is 6.52. The lowest BCUT2D eigenvalue weighted by molar-refractivity contribution is -0.198. The van der Waals surface area contributed by atoms with Gasteiger partial charge in [0.15, 0.2) is 33.7 Å². The van der Waals surface area contributed by atoms with Gasteiger partial charge in [-0.3, -0.25) is 9.36 Å². The highest BCUT2D eigenvalue weighted by Gasteiger charge is 2.58. The molecule has 3 aliphatic heterocycles. The second-order valence-corrected chi connectivity index (χ2v) is 23.5. The molecule has 0 radical (unpaired) electrons. The Bertz CT molecular complexity index is 1660. The molecular weight excluding hydrogens is 638 g/mol. The van der Waals surface area contributed by atoms with Gasteiger partial charge in [0.1, 0.15) is 24.6 Å². The molecule has 10 nitrogen and oxygen atoms in total. The van der Waals surface area contributed by atoms with Gasteiger partial charge in [-0.05, 0) is 76.8 Å². The van der Waals surface area contributed by atoms with Crippen LogP contribution in [0.15, 0.2) is 55.1 Å². The first-order valence-corrected chi connectivity index (χ1v) is 20.4. The smallest absolute Gasteiger partial charge is 0.256 e. The third-order valence-corrected chi connectivity index (χ3v) is 19.1. The first-order valence-electron chi connectivity index (χ1n) is 14.8. The Morgan fingerprint density at radius 1 is 1.20 bits per heavy atom. The molecule has 0 bridgehead atoms. The summed E-state index contributed by atoms with van der Waals surface area (Å²) in [5, 5.41) is 3.32. The van der Waals surface area contributed by atoms with E-state index in [1.165, 1.54) is 11.9 Å². The number of imidazole rings is 1. The van der Waals surface area contributed by atoms with Gasteiger partial charge in [0.2, 0.25) is 0 Å². The zero-order valence-electron chi connectivity index (χ0n) is 25.0. The minimum Gasteiger partial charge on any atom is -0.347 e. The Labute approximate surface area is 270 Å². The number of anilines is 1. The maximum atomic E-state index is 12.8. The Balaban J connectivity index is 1.10. The van der Waals surface area contributed by atoms with Crippen molar-refractivity contribution in [1.29, 1.82) is 0 Å². The summed E-state index contributed by atoms with van der Waals surface area (Å²) in [5.41, 5.74) is 2.75. The fraction of sp³-hybridized carbons (Fsp3) is 0.533. The third-order valence-electron chi connectivity index (χ3n) is 8.87. The van der Waals surface area contributed by atoms with Gasteiger partial charge in [-0.1, -0.05) is 53.1 Å². The van der Waals surface area contributed by atoms with Crippen LogP contribution >= 0.6 is 27.4 Å². The monoisotopic (exact) mass is 673 g/mol. The number of nitrogens with zero attached hydrogens (tertiary/aromatic N) is 4. The summed E-state index contributed by atoms with van der Waals surface area (Å²) in [6.45, 7) is 12.8. The minimum absolute atomic E-state index is 0.117. The SMILES string of the molecule is C=C(C)[C@H]1CC[C@@]2(C)SP(=S)(OC[C@H]3O[C@@H](n4cnc5c(NC(=O)c6ccccc6)ncnc54)[C@@H]4OC(C)(C)O[C@@H]43)SC2C1. The van der Waals surface area contributed by atoms with Crippen molar-refractivity contribution < 1.29 is 23.5 Å². The van der Waals surface area contributed by atoms with Crippen LogP contribution in [0.1, 0.15) is 63.5 Å². The van der Waals surface area contributed by atoms with Crippen molar-refractivity contribution in [1.82, 2.24) is 19.5 Å². The highest BCUT2D eigenvalue weighted by Crippen LogP contribution is 2.84. The lowest BCUT2D eigenvalue weighted by Crippen LogP contribution is -2.36. The summed E-state index contributed by atoms with van der Waals surface area (Å²) in [6, 6.07) is 8.96. The number of allylic oxidation sites excluding steroid dienone is 1. The van der Waals surface area contributed by atoms with Crippen LogP contribution in [-0.2, 0) is 30.5 Å². The predicted octanol–water partition coefficient (Wildman–Crippen LogP) is 6.72. The molecule has 1 N–H and O–H groups in total. The molecule has 7 rings (SSSR count). The number of rotatable bonds is 7. The van der Waals surface area contributed by atoms with Crippen molar-refractivity contribution >= 4 is 62.1 Å². The van der Waals surface area contributed by atoms with Crippen molar-refractivity contribution in [2.24, 2.45) is 5.92 Å². The molecule has 1 aliphatic carbocycles. The fourth-order valence-corrected chi connectivity index (χ4v) is 20.1. The second kappa shape index (κ2) is 11.5. The third kappa shape index (κ3) is 5.68. The first kappa shape index (κ1) is 30.8. The summed E-state index contributed by atoms with van der Waals surface area (Å²) in [4.78, 5) is 26.2. The van der Waals surface area contributed by atoms with Crippen LogP contribution in [-0.4, -0.2) is 66.1 Å². The molecule has 234 valence electrons. The van der Waals surface area contributed by atoms with E-state index in [9.17, 15) is 4.79 Å². The molecule has 4 aliphatic rings. The second-order valence-electron chi connectivity index (χ2n) is 12.6. The molecule has 44 heavy (non-hydrogen) atoms. The van der Waals surface area contributed by atoms with E-state index in [-0.39, 0.29) is 16.8 Å². The molecule has 8 atom stereocenters. The molecule has 2 aromatic heterocycles. The average Bonchev–Trinajstić information content (AvgIpc) is 3.70. The number of carbonyl (C=O) groups excluding carboxylic acids is 1. The molecule has 1 aromatic carbocycles. The van der Waals surface area contributed by atoms with E-state index in [0.29, 0.717) is 40.3 Å². The van der Waals surface area contributed by atoms with Crippen molar-refractivity contribution in [2.45, 2.75) is 87.3 Å². The van der Waals surface area contributed by atoms with Crippen LogP contribution in [0.4, 0.5) is 5.82 Å². The van der Waals surface area contributed by atoms with Gasteiger partial charge in [0.25, 0.3) is 5.91 Å².